The summed E-state index contributed by atoms with van der Waals surface area (Å²) >= 11 is 0. The molecule has 32 heavy (non-hydrogen) atoms. The van der Waals surface area contributed by atoms with Crippen molar-refractivity contribution in [3.8, 4) is 0 Å². The molecule has 8 nitrogen and oxygen atoms in total. The van der Waals surface area contributed by atoms with Crippen molar-refractivity contribution >= 4 is 19.3 Å². The number of rotatable bonds is 16. The van der Waals surface area contributed by atoms with Crippen molar-refractivity contribution in [3.05, 3.63) is 47.5 Å². The van der Waals surface area contributed by atoms with Gasteiger partial charge in [-0.15, -0.1) is 0 Å². The van der Waals surface area contributed by atoms with Crippen molar-refractivity contribution in [2.45, 2.75) is 52.7 Å². The number of benzene rings is 1. The lowest BCUT2D eigenvalue weighted by molar-refractivity contribution is -0.154. The number of hydrogen-bond donors (Lipinski definition) is 1. The van der Waals surface area contributed by atoms with Gasteiger partial charge in [-0.05, 0) is 39.7 Å². The van der Waals surface area contributed by atoms with Crippen LogP contribution in [0.1, 0.15) is 46.1 Å². The van der Waals surface area contributed by atoms with Gasteiger partial charge in [-0.3, -0.25) is 14.2 Å². The Kier molecular flexibility index (Phi) is 12.6. The van der Waals surface area contributed by atoms with E-state index in [4.69, 9.17) is 18.5 Å². The Morgan fingerprint density at radius 3 is 2.31 bits per heavy atom. The number of allylic oxidation sites excluding steroid dienone is 1. The number of ether oxygens (including phenoxy) is 2. The number of Topliss-reactive ketones (excluding diaryl/α,β-unsaturated/α-hetero) is 1. The van der Waals surface area contributed by atoms with Gasteiger partial charge in [-0.1, -0.05) is 42.0 Å². The maximum absolute atomic E-state index is 12.4. The van der Waals surface area contributed by atoms with Gasteiger partial charge in [0, 0.05) is 6.42 Å². The fraction of sp³-hybridized carbons (Fsp3) is 0.565. The summed E-state index contributed by atoms with van der Waals surface area (Å²) in [5, 5.41) is 10.4. The number of aliphatic hydroxyl groups is 1. The molecule has 0 fully saturated rings. The van der Waals surface area contributed by atoms with Crippen molar-refractivity contribution in [1.29, 1.82) is 0 Å². The molecule has 0 spiro atoms. The molecular weight excluding hydrogens is 435 g/mol. The van der Waals surface area contributed by atoms with Crippen LogP contribution >= 0.6 is 7.60 Å². The first-order valence-corrected chi connectivity index (χ1v) is 12.4. The predicted octanol–water partition coefficient (Wildman–Crippen LogP) is 4.06. The Hall–Kier alpha value is -1.83. The molecule has 0 amide bonds. The molecule has 9 heteroatoms. The minimum absolute atomic E-state index is 0.0853. The van der Waals surface area contributed by atoms with Crippen molar-refractivity contribution in [1.82, 2.24) is 0 Å². The average molecular weight is 470 g/mol. The maximum atomic E-state index is 12.4. The van der Waals surface area contributed by atoms with Gasteiger partial charge in [0.1, 0.15) is 12.8 Å². The second-order valence-electron chi connectivity index (χ2n) is 7.51. The van der Waals surface area contributed by atoms with Crippen LogP contribution in [-0.2, 0) is 39.3 Å². The standard InChI is InChI=1S/C23H35O8P/c1-5-30-32(27,31-6-2)17-22(25)29-18-23(4,26)21(24)13-12-19(3)14-15-28-16-20-10-8-7-9-11-20/h7-11,14,26H,5-6,12-13,15-18H2,1-4H3/b19-14+/t23-/m0/s1. The molecule has 1 N–H and O–H groups in total. The predicted molar refractivity (Wildman–Crippen MR) is 121 cm³/mol. The number of carbonyl (C=O) groups excluding carboxylic acids is 2. The fourth-order valence-electron chi connectivity index (χ4n) is 2.66. The first-order chi connectivity index (χ1) is 15.1. The highest BCUT2D eigenvalue weighted by molar-refractivity contribution is 7.54. The van der Waals surface area contributed by atoms with Crippen LogP contribution in [0, 0.1) is 0 Å². The number of carbonyl (C=O) groups is 2. The highest BCUT2D eigenvalue weighted by Crippen LogP contribution is 2.47. The zero-order chi connectivity index (χ0) is 24.0. The van der Waals surface area contributed by atoms with E-state index in [-0.39, 0.29) is 19.6 Å². The summed E-state index contributed by atoms with van der Waals surface area (Å²) in [5.41, 5.74) is 0.188. The third-order valence-corrected chi connectivity index (χ3v) is 6.45. The monoisotopic (exact) mass is 470 g/mol. The van der Waals surface area contributed by atoms with Crippen LogP contribution in [0.5, 0.6) is 0 Å². The Bertz CT molecular complexity index is 778. The molecule has 0 heterocycles. The molecule has 0 bridgehead atoms. The van der Waals surface area contributed by atoms with Gasteiger partial charge in [-0.25, -0.2) is 0 Å². The maximum Gasteiger partial charge on any atom is 0.341 e. The highest BCUT2D eigenvalue weighted by Gasteiger charge is 2.34. The van der Waals surface area contributed by atoms with Crippen molar-refractivity contribution in [2.24, 2.45) is 0 Å². The third-order valence-electron chi connectivity index (χ3n) is 4.50. The fourth-order valence-corrected chi connectivity index (χ4v) is 4.11. The topological polar surface area (TPSA) is 108 Å². The second kappa shape index (κ2) is 14.3. The third kappa shape index (κ3) is 11.2. The molecule has 180 valence electrons. The Morgan fingerprint density at radius 1 is 1.09 bits per heavy atom. The van der Waals surface area contributed by atoms with E-state index in [1.807, 2.05) is 43.3 Å². The first kappa shape index (κ1) is 28.2. The molecule has 0 unspecified atom stereocenters. The Balaban J connectivity index is 2.40. The van der Waals surface area contributed by atoms with Crippen LogP contribution in [-0.4, -0.2) is 55.0 Å². The molecule has 0 saturated heterocycles. The lowest BCUT2D eigenvalue weighted by Crippen LogP contribution is -2.41. The molecule has 1 atom stereocenters. The molecule has 1 aromatic carbocycles. The quantitative estimate of drug-likeness (QED) is 0.167. The Morgan fingerprint density at radius 2 is 1.72 bits per heavy atom. The molecule has 0 aliphatic carbocycles. The van der Waals surface area contributed by atoms with Gasteiger partial charge in [0.2, 0.25) is 0 Å². The molecule has 0 aromatic heterocycles. The summed E-state index contributed by atoms with van der Waals surface area (Å²) in [5.74, 6) is -1.32. The molecule has 1 aromatic rings. The second-order valence-corrected chi connectivity index (χ2v) is 9.57. The average Bonchev–Trinajstić information content (AvgIpc) is 2.74. The van der Waals surface area contributed by atoms with E-state index in [0.717, 1.165) is 11.1 Å². The zero-order valence-electron chi connectivity index (χ0n) is 19.4. The molecule has 0 aliphatic rings. The summed E-state index contributed by atoms with van der Waals surface area (Å²) in [4.78, 5) is 24.4. The zero-order valence-corrected chi connectivity index (χ0v) is 20.3. The first-order valence-electron chi connectivity index (χ1n) is 10.7. The molecule has 1 rings (SSSR count). The number of ketones is 1. The van der Waals surface area contributed by atoms with Crippen LogP contribution in [0.25, 0.3) is 0 Å². The van der Waals surface area contributed by atoms with Gasteiger partial charge in [0.25, 0.3) is 0 Å². The normalized spacial score (nSPS) is 14.1. The lowest BCUT2D eigenvalue weighted by atomic mass is 9.96. The van der Waals surface area contributed by atoms with E-state index in [1.165, 1.54) is 6.92 Å². The number of hydrogen-bond acceptors (Lipinski definition) is 8. The van der Waals surface area contributed by atoms with E-state index < -0.39 is 37.7 Å². The summed E-state index contributed by atoms with van der Waals surface area (Å²) < 4.78 is 33.0. The van der Waals surface area contributed by atoms with Gasteiger partial charge in [0.05, 0.1) is 26.4 Å². The van der Waals surface area contributed by atoms with Gasteiger partial charge < -0.3 is 23.6 Å². The van der Waals surface area contributed by atoms with Crippen molar-refractivity contribution in [2.75, 3.05) is 32.6 Å². The van der Waals surface area contributed by atoms with E-state index in [0.29, 0.717) is 19.6 Å². The Labute approximate surface area is 190 Å². The van der Waals surface area contributed by atoms with Crippen molar-refractivity contribution < 1.29 is 37.8 Å². The van der Waals surface area contributed by atoms with Crippen LogP contribution in [0.3, 0.4) is 0 Å². The summed E-state index contributed by atoms with van der Waals surface area (Å²) in [6, 6.07) is 9.81. The molecule has 0 radical (unpaired) electrons. The summed E-state index contributed by atoms with van der Waals surface area (Å²) in [7, 11) is -3.60. The lowest BCUT2D eigenvalue weighted by Gasteiger charge is -2.22. The van der Waals surface area contributed by atoms with E-state index >= 15 is 0 Å². The van der Waals surface area contributed by atoms with Crippen molar-refractivity contribution in [3.63, 3.8) is 0 Å². The SMILES string of the molecule is CCOP(=O)(CC(=O)OC[C@](C)(O)C(=O)CC/C(C)=C/COCc1ccccc1)OCC. The molecule has 0 aliphatic heterocycles. The minimum Gasteiger partial charge on any atom is -0.462 e. The van der Waals surface area contributed by atoms with E-state index in [1.54, 1.807) is 13.8 Å². The van der Waals surface area contributed by atoms with Crippen LogP contribution in [0.4, 0.5) is 0 Å². The minimum atomic E-state index is -3.60. The van der Waals surface area contributed by atoms with Gasteiger partial charge in [0.15, 0.2) is 11.4 Å². The molecular formula is C23H35O8P. The summed E-state index contributed by atoms with van der Waals surface area (Å²) in [6.45, 7) is 7.05. The van der Waals surface area contributed by atoms with Gasteiger partial charge in [-0.2, -0.15) is 0 Å². The molecule has 0 saturated carbocycles. The van der Waals surface area contributed by atoms with Crippen LogP contribution in [0.15, 0.2) is 42.0 Å². The van der Waals surface area contributed by atoms with E-state index in [9.17, 15) is 19.3 Å². The van der Waals surface area contributed by atoms with Gasteiger partial charge >= 0.3 is 13.6 Å². The largest absolute Gasteiger partial charge is 0.462 e. The van der Waals surface area contributed by atoms with Crippen LogP contribution < -0.4 is 0 Å². The van der Waals surface area contributed by atoms with Crippen LogP contribution in [0.2, 0.25) is 0 Å². The number of esters is 1. The highest BCUT2D eigenvalue weighted by atomic mass is 31.2. The smallest absolute Gasteiger partial charge is 0.341 e. The summed E-state index contributed by atoms with van der Waals surface area (Å²) in [6.07, 6.45) is 1.84. The van der Waals surface area contributed by atoms with E-state index in [2.05, 4.69) is 0 Å².